The number of azo groups is 3. The third kappa shape index (κ3) is 8.15. The highest BCUT2D eigenvalue weighted by molar-refractivity contribution is 7.87. The van der Waals surface area contributed by atoms with E-state index in [1.807, 2.05) is 0 Å². The first-order valence-electron chi connectivity index (χ1n) is 14.2. The summed E-state index contributed by atoms with van der Waals surface area (Å²) in [5.41, 5.74) is 1.40. The minimum atomic E-state index is -5.27. The fraction of sp³-hybridized carbons (Fsp3) is 0.0370. The number of nitrogen functional groups attached to an aromatic ring is 1. The second-order valence-corrected chi connectivity index (χ2v) is 18.0. The van der Waals surface area contributed by atoms with Crippen LogP contribution in [0.2, 0.25) is 0 Å². The van der Waals surface area contributed by atoms with Crippen LogP contribution in [0.1, 0.15) is 0 Å². The molecule has 0 saturated carbocycles. The van der Waals surface area contributed by atoms with Crippen molar-refractivity contribution in [3.05, 3.63) is 54.6 Å². The lowest BCUT2D eigenvalue weighted by Crippen LogP contribution is -2.03. The van der Waals surface area contributed by atoms with Crippen LogP contribution in [0.4, 0.5) is 34.1 Å². The summed E-state index contributed by atoms with van der Waals surface area (Å²) < 4.78 is 169. The first-order valence-corrected chi connectivity index (χ1v) is 21.4. The zero-order valence-electron chi connectivity index (χ0n) is 27.2. The van der Waals surface area contributed by atoms with Crippen LogP contribution in [0, 0.1) is 0 Å². The number of anilines is 1. The number of hydrogen-bond donors (Lipinski definition) is 8. The molecule has 0 aromatic heterocycles. The Morgan fingerprint density at radius 1 is 0.500 bits per heavy atom. The quantitative estimate of drug-likeness (QED) is 0.0532. The molecule has 0 saturated heterocycles. The van der Waals surface area contributed by atoms with Gasteiger partial charge >= 0.3 is 0 Å². The van der Waals surface area contributed by atoms with E-state index in [4.69, 9.17) is 5.73 Å². The molecule has 0 spiro atoms. The number of benzene rings is 5. The molecule has 5 aromatic carbocycles. The fourth-order valence-corrected chi connectivity index (χ4v) is 8.15. The molecule has 0 amide bonds. The summed E-state index contributed by atoms with van der Waals surface area (Å²) >= 11 is 0. The van der Waals surface area contributed by atoms with Gasteiger partial charge in [0.2, 0.25) is 0 Å². The Hall–Kier alpha value is -5.63. The SMILES string of the molecule is CN=Nc1c(S(=O)(=O)O)cc2cc(S(=O)(=O)O)c(N=Nc3ccc4cc(S(=O)(=O)O)c(N=Nc5cc(S(=O)(=O)O)ccc5S(=O)(=O)O)c(O)c4c3)c(N)c2c1O. The van der Waals surface area contributed by atoms with Gasteiger partial charge in [-0.05, 0) is 59.3 Å². The molecule has 0 heterocycles. The summed E-state index contributed by atoms with van der Waals surface area (Å²) in [6, 6.07) is 6.76. The molecule has 0 aliphatic rings. The average molecular weight is 876 g/mol. The van der Waals surface area contributed by atoms with Crippen molar-refractivity contribution in [2.24, 2.45) is 30.7 Å². The first kappa shape index (κ1) is 41.5. The molecule has 0 aliphatic heterocycles. The van der Waals surface area contributed by atoms with Gasteiger partial charge in [-0.3, -0.25) is 22.8 Å². The Morgan fingerprint density at radius 3 is 1.52 bits per heavy atom. The van der Waals surface area contributed by atoms with E-state index in [0.29, 0.717) is 30.3 Å². The van der Waals surface area contributed by atoms with Crippen molar-refractivity contribution in [1.29, 1.82) is 0 Å². The maximum absolute atomic E-state index is 12.4. The average Bonchev–Trinajstić information content (AvgIpc) is 3.06. The van der Waals surface area contributed by atoms with Gasteiger partial charge < -0.3 is 15.9 Å². The molecule has 0 fully saturated rings. The zero-order chi connectivity index (χ0) is 41.9. The van der Waals surface area contributed by atoms with Gasteiger partial charge in [-0.1, -0.05) is 6.07 Å². The molecule has 5 rings (SSSR count). The molecular weight excluding hydrogens is 855 g/mol. The van der Waals surface area contributed by atoms with Crippen LogP contribution < -0.4 is 5.73 Å². The first-order chi connectivity index (χ1) is 25.6. The molecule has 0 unspecified atom stereocenters. The van der Waals surface area contributed by atoms with Gasteiger partial charge in [0.25, 0.3) is 50.6 Å². The van der Waals surface area contributed by atoms with Gasteiger partial charge in [0, 0.05) is 12.4 Å². The van der Waals surface area contributed by atoms with Crippen molar-refractivity contribution in [3.8, 4) is 11.5 Å². The van der Waals surface area contributed by atoms with Gasteiger partial charge in [-0.25, -0.2) is 0 Å². The van der Waals surface area contributed by atoms with E-state index in [2.05, 4.69) is 30.7 Å². The largest absolute Gasteiger partial charge is 0.505 e. The maximum Gasteiger partial charge on any atom is 0.296 e. The summed E-state index contributed by atoms with van der Waals surface area (Å²) in [5, 5.41) is 41.9. The zero-order valence-corrected chi connectivity index (χ0v) is 31.3. The predicted octanol–water partition coefficient (Wildman–Crippen LogP) is 4.76. The van der Waals surface area contributed by atoms with E-state index < -0.39 is 126 Å². The second kappa shape index (κ2) is 14.1. The molecular formula is C27H21N7O17S5. The lowest BCUT2D eigenvalue weighted by Gasteiger charge is -2.14. The van der Waals surface area contributed by atoms with Crippen molar-refractivity contribution < 1.29 is 75.1 Å². The van der Waals surface area contributed by atoms with E-state index >= 15 is 0 Å². The molecule has 296 valence electrons. The molecule has 24 nitrogen and oxygen atoms in total. The molecule has 0 radical (unpaired) electrons. The van der Waals surface area contributed by atoms with Crippen LogP contribution in [0.15, 0.2) is 110 Å². The molecule has 0 atom stereocenters. The summed E-state index contributed by atoms with van der Waals surface area (Å²) in [7, 11) is -24.7. The maximum atomic E-state index is 12.4. The molecule has 29 heteroatoms. The van der Waals surface area contributed by atoms with E-state index in [1.54, 1.807) is 0 Å². The molecule has 0 bridgehead atoms. The van der Waals surface area contributed by atoms with E-state index in [-0.39, 0.29) is 16.5 Å². The number of hydrogen-bond acceptors (Lipinski definition) is 19. The van der Waals surface area contributed by atoms with Crippen molar-refractivity contribution in [3.63, 3.8) is 0 Å². The normalized spacial score (nSPS) is 13.5. The molecule has 5 aromatic rings. The number of nitrogens with two attached hydrogens (primary N) is 1. The van der Waals surface area contributed by atoms with Crippen LogP contribution in [0.5, 0.6) is 11.5 Å². The number of phenolic OH excluding ortho intramolecular Hbond substituents is 2. The Bertz CT molecular complexity index is 3210. The number of fused-ring (bicyclic) bond motifs is 2. The van der Waals surface area contributed by atoms with Crippen LogP contribution in [-0.4, -0.2) is 82.1 Å². The third-order valence-electron chi connectivity index (χ3n) is 7.41. The predicted molar refractivity (Wildman–Crippen MR) is 190 cm³/mol. The topological polar surface area (TPSA) is 412 Å². The highest BCUT2D eigenvalue weighted by atomic mass is 32.2. The van der Waals surface area contributed by atoms with E-state index in [0.717, 1.165) is 31.3 Å². The standard InChI is InChI=1S/C27H21N7O17S5/c1-29-32-25-20(56(49,50)51)8-12-7-18(54(43,44)45)23(22(28)21(12)27(25)36)33-30-13-3-2-11-6-19(55(46,47)48)24(26(35)15(11)9-13)34-31-16-10-14(52(37,38)39)4-5-17(16)53(40,41)42/h2-10,35-36H,28H2,1H3,(H,37,38,39)(H,40,41,42)(H,43,44,45)(H,46,47,48)(H,49,50,51). The summed E-state index contributed by atoms with van der Waals surface area (Å²) in [5.74, 6) is -2.12. The Labute approximate surface area is 314 Å². The lowest BCUT2D eigenvalue weighted by atomic mass is 10.1. The summed E-state index contributed by atoms with van der Waals surface area (Å²) in [4.78, 5) is -5.24. The fourth-order valence-electron chi connectivity index (χ4n) is 5.05. The van der Waals surface area contributed by atoms with Gasteiger partial charge in [-0.15, -0.1) is 15.3 Å². The Balaban J connectivity index is 1.74. The number of nitrogens with zero attached hydrogens (tertiary/aromatic N) is 6. The van der Waals surface area contributed by atoms with Crippen LogP contribution >= 0.6 is 0 Å². The van der Waals surface area contributed by atoms with Crippen LogP contribution in [0.3, 0.4) is 0 Å². The van der Waals surface area contributed by atoms with E-state index in [1.165, 1.54) is 0 Å². The Kier molecular flexibility index (Phi) is 10.5. The van der Waals surface area contributed by atoms with Crippen molar-refractivity contribution in [1.82, 2.24) is 0 Å². The number of aromatic hydroxyl groups is 2. The third-order valence-corrected chi connectivity index (χ3v) is 11.8. The second-order valence-electron chi connectivity index (χ2n) is 11.0. The van der Waals surface area contributed by atoms with Crippen molar-refractivity contribution >= 4 is 106 Å². The van der Waals surface area contributed by atoms with Crippen LogP contribution in [0.25, 0.3) is 21.5 Å². The molecule has 56 heavy (non-hydrogen) atoms. The van der Waals surface area contributed by atoms with Gasteiger partial charge in [0.15, 0.2) is 11.5 Å². The van der Waals surface area contributed by atoms with Crippen LogP contribution in [-0.2, 0) is 50.6 Å². The summed E-state index contributed by atoms with van der Waals surface area (Å²) in [6.07, 6.45) is 0. The monoisotopic (exact) mass is 875 g/mol. The number of phenols is 2. The van der Waals surface area contributed by atoms with Gasteiger partial charge in [-0.2, -0.15) is 57.4 Å². The van der Waals surface area contributed by atoms with Gasteiger partial charge in [0.05, 0.1) is 21.7 Å². The highest BCUT2D eigenvalue weighted by Crippen LogP contribution is 2.48. The summed E-state index contributed by atoms with van der Waals surface area (Å²) in [6.45, 7) is 0. The van der Waals surface area contributed by atoms with Crippen molar-refractivity contribution in [2.45, 2.75) is 24.5 Å². The minimum absolute atomic E-state index is 0.152. The molecule has 0 aliphatic carbocycles. The van der Waals surface area contributed by atoms with Crippen molar-refractivity contribution in [2.75, 3.05) is 12.8 Å². The molecule has 9 N–H and O–H groups in total. The minimum Gasteiger partial charge on any atom is -0.505 e. The lowest BCUT2D eigenvalue weighted by molar-refractivity contribution is 0.471. The van der Waals surface area contributed by atoms with Gasteiger partial charge in [0.1, 0.15) is 42.3 Å². The highest BCUT2D eigenvalue weighted by Gasteiger charge is 2.29. The van der Waals surface area contributed by atoms with E-state index in [9.17, 15) is 75.1 Å². The Morgan fingerprint density at radius 2 is 1.00 bits per heavy atom. The smallest absolute Gasteiger partial charge is 0.296 e. The number of rotatable bonds is 10.